The number of amides is 3. The second kappa shape index (κ2) is 21.0. The normalized spacial score (nSPS) is 15.2. The molecule has 0 spiro atoms. The first kappa shape index (κ1) is 44.7. The quantitative estimate of drug-likeness (QED) is 0.0825. The Morgan fingerprint density at radius 2 is 1.95 bits per heavy atom. The van der Waals surface area contributed by atoms with Crippen LogP contribution in [-0.2, 0) is 38.4 Å². The Balaban J connectivity index is 0.000000550. The molecular weight excluding hydrogens is 747 g/mol. The van der Waals surface area contributed by atoms with Crippen LogP contribution in [0, 0.1) is 17.3 Å². The fourth-order valence-electron chi connectivity index (χ4n) is 7.05. The predicted octanol–water partition coefficient (Wildman–Crippen LogP) is 7.55. The first-order valence-corrected chi connectivity index (χ1v) is 21.3. The highest BCUT2D eigenvalue weighted by atomic mass is 32.1. The van der Waals surface area contributed by atoms with Crippen LogP contribution < -0.4 is 11.2 Å². The molecule has 4 aromatic rings. The Morgan fingerprint density at radius 1 is 1.20 bits per heavy atom. The number of hydrogen-bond acceptors (Lipinski definition) is 10. The van der Waals surface area contributed by atoms with Gasteiger partial charge in [-0.1, -0.05) is 26.8 Å². The van der Waals surface area contributed by atoms with Crippen molar-refractivity contribution in [1.29, 1.82) is 0 Å². The summed E-state index contributed by atoms with van der Waals surface area (Å²) in [5, 5.41) is 5.95. The number of nitrogens with zero attached hydrogens (tertiary/aromatic N) is 5. The van der Waals surface area contributed by atoms with Gasteiger partial charge in [0.15, 0.2) is 0 Å². The van der Waals surface area contributed by atoms with Gasteiger partial charge in [-0.2, -0.15) is 12.6 Å². The third kappa shape index (κ3) is 11.5. The lowest BCUT2D eigenvalue weighted by Crippen LogP contribution is -2.49. The number of rotatable bonds is 15. The van der Waals surface area contributed by atoms with Gasteiger partial charge in [0.05, 0.1) is 34.8 Å². The van der Waals surface area contributed by atoms with Gasteiger partial charge in [-0.25, -0.2) is 15.2 Å². The van der Waals surface area contributed by atoms with Gasteiger partial charge in [-0.05, 0) is 88.0 Å². The zero-order valence-corrected chi connectivity index (χ0v) is 36.1. The molecule has 14 heteroatoms. The molecule has 0 radical (unpaired) electrons. The van der Waals surface area contributed by atoms with Crippen molar-refractivity contribution in [1.82, 2.24) is 29.9 Å². The highest BCUT2D eigenvalue weighted by Crippen LogP contribution is 2.42. The van der Waals surface area contributed by atoms with Crippen LogP contribution in [0.3, 0.4) is 0 Å². The Morgan fingerprint density at radius 3 is 2.57 bits per heavy atom. The number of hydrogen-bond donors (Lipinski definition) is 3. The van der Waals surface area contributed by atoms with Crippen LogP contribution >= 0.6 is 24.0 Å². The van der Waals surface area contributed by atoms with E-state index in [4.69, 9.17) is 25.2 Å². The summed E-state index contributed by atoms with van der Waals surface area (Å²) in [6.07, 6.45) is 9.27. The Hall–Kier alpha value is -3.98. The van der Waals surface area contributed by atoms with E-state index in [1.807, 2.05) is 26.1 Å². The van der Waals surface area contributed by atoms with E-state index in [1.54, 1.807) is 41.7 Å². The van der Waals surface area contributed by atoms with Gasteiger partial charge in [0, 0.05) is 91.7 Å². The lowest BCUT2D eigenvalue weighted by atomic mass is 9.84. The summed E-state index contributed by atoms with van der Waals surface area (Å²) in [4.78, 5) is 45.8. The van der Waals surface area contributed by atoms with E-state index in [0.717, 1.165) is 89.1 Å². The van der Waals surface area contributed by atoms with Crippen molar-refractivity contribution < 1.29 is 23.9 Å². The highest BCUT2D eigenvalue weighted by molar-refractivity contribution is 7.79. The first-order valence-electron chi connectivity index (χ1n) is 19.5. The summed E-state index contributed by atoms with van der Waals surface area (Å²) in [5.41, 5.74) is 15.2. The lowest BCUT2D eigenvalue weighted by Gasteiger charge is -2.29. The SMILES string of the molecule is CCn1c(-c2cccnc2C(C)OC)c(CC(C)(C)COC=O)c2cc(-c3csc(CC(C)C(=O)N4CCCCN4)n3)ccc21.CN(CC1CC1)C(N)=O.CS. The van der Waals surface area contributed by atoms with Gasteiger partial charge in [0.25, 0.3) is 6.47 Å². The molecule has 2 fully saturated rings. The van der Waals surface area contributed by atoms with Crippen LogP contribution in [0.4, 0.5) is 4.79 Å². The van der Waals surface area contributed by atoms with E-state index < -0.39 is 0 Å². The molecule has 2 aliphatic rings. The summed E-state index contributed by atoms with van der Waals surface area (Å²) >= 11 is 5.13. The molecule has 1 aromatic carbocycles. The minimum absolute atomic E-state index is 0.129. The van der Waals surface area contributed by atoms with Gasteiger partial charge in [0.2, 0.25) is 5.91 Å². The number of ether oxygens (including phenoxy) is 2. The number of benzene rings is 1. The number of carbonyl (C=O) groups is 3. The maximum Gasteiger partial charge on any atom is 0.314 e. The molecule has 12 nitrogen and oxygen atoms in total. The molecule has 56 heavy (non-hydrogen) atoms. The van der Waals surface area contributed by atoms with Gasteiger partial charge in [-0.15, -0.1) is 11.3 Å². The van der Waals surface area contributed by atoms with Crippen LogP contribution in [0.5, 0.6) is 0 Å². The topological polar surface area (TPSA) is 145 Å². The minimum atomic E-state index is -0.318. The number of thiazole rings is 1. The molecule has 6 rings (SSSR count). The van der Waals surface area contributed by atoms with E-state index >= 15 is 0 Å². The van der Waals surface area contributed by atoms with E-state index in [2.05, 4.69) is 73.0 Å². The highest BCUT2D eigenvalue weighted by Gasteiger charge is 2.29. The van der Waals surface area contributed by atoms with Crippen LogP contribution in [0.15, 0.2) is 41.9 Å². The monoisotopic (exact) mass is 807 g/mol. The predicted molar refractivity (Wildman–Crippen MR) is 229 cm³/mol. The number of fused-ring (bicyclic) bond motifs is 1. The van der Waals surface area contributed by atoms with Crippen LogP contribution in [0.25, 0.3) is 33.4 Å². The summed E-state index contributed by atoms with van der Waals surface area (Å²) in [7, 11) is 3.44. The van der Waals surface area contributed by atoms with Crippen molar-refractivity contribution in [3.63, 3.8) is 0 Å². The summed E-state index contributed by atoms with van der Waals surface area (Å²) in [6, 6.07) is 10.3. The second-order valence-electron chi connectivity index (χ2n) is 15.4. The van der Waals surface area contributed by atoms with Crippen molar-refractivity contribution in [3.8, 4) is 22.5 Å². The lowest BCUT2D eigenvalue weighted by molar-refractivity contribution is -0.139. The third-order valence-corrected chi connectivity index (χ3v) is 11.1. The number of urea groups is 1. The van der Waals surface area contributed by atoms with Crippen LogP contribution in [-0.4, -0.2) is 89.5 Å². The molecule has 1 saturated heterocycles. The van der Waals surface area contributed by atoms with Crippen LogP contribution in [0.2, 0.25) is 0 Å². The van der Waals surface area contributed by atoms with Gasteiger partial charge in [-0.3, -0.25) is 19.6 Å². The Bertz CT molecular complexity index is 1900. The molecular formula is C42H61N7O5S2. The zero-order valence-electron chi connectivity index (χ0n) is 34.3. The van der Waals surface area contributed by atoms with Crippen molar-refractivity contribution >= 4 is 53.3 Å². The molecule has 1 aliphatic heterocycles. The van der Waals surface area contributed by atoms with Gasteiger partial charge < -0.3 is 24.7 Å². The molecule has 1 saturated carbocycles. The van der Waals surface area contributed by atoms with Gasteiger partial charge in [0.1, 0.15) is 0 Å². The average molecular weight is 808 g/mol. The Labute approximate surface area is 341 Å². The summed E-state index contributed by atoms with van der Waals surface area (Å²) in [5.74, 6) is 0.719. The molecule has 2 unspecified atom stereocenters. The van der Waals surface area contributed by atoms with E-state index in [-0.39, 0.29) is 29.4 Å². The first-order chi connectivity index (χ1) is 26.9. The number of methoxy groups -OCH3 is 1. The molecule has 0 bridgehead atoms. The molecule has 4 heterocycles. The van der Waals surface area contributed by atoms with Crippen molar-refractivity contribution in [2.24, 2.45) is 23.0 Å². The number of primary amides is 1. The molecule has 3 N–H and O–H groups in total. The smallest absolute Gasteiger partial charge is 0.314 e. The van der Waals surface area contributed by atoms with E-state index in [0.29, 0.717) is 25.9 Å². The van der Waals surface area contributed by atoms with E-state index in [1.165, 1.54) is 18.4 Å². The second-order valence-corrected chi connectivity index (χ2v) is 16.3. The molecule has 1 aliphatic carbocycles. The summed E-state index contributed by atoms with van der Waals surface area (Å²) in [6.45, 7) is 14.5. The number of nitrogens with two attached hydrogens (primary N) is 1. The zero-order chi connectivity index (χ0) is 41.0. The van der Waals surface area contributed by atoms with E-state index in [9.17, 15) is 14.4 Å². The fourth-order valence-corrected chi connectivity index (χ4v) is 7.98. The van der Waals surface area contributed by atoms with Crippen LogP contribution in [0.1, 0.15) is 82.7 Å². The van der Waals surface area contributed by atoms with Gasteiger partial charge >= 0.3 is 6.03 Å². The molecule has 3 aromatic heterocycles. The van der Waals surface area contributed by atoms with Crippen molar-refractivity contribution in [3.05, 3.63) is 58.2 Å². The maximum absolute atomic E-state index is 13.0. The number of pyridine rings is 1. The standard InChI is InChI=1S/C35H45N5O4S.C6H12N2O.CH4S/c1-7-39-30-13-12-25(29-20-45-31(38-29)17-23(2)34(42)40-16-9-8-15-37-40)18-27(30)28(19-35(4,5)21-44-22-41)33(39)26-11-10-14-36-32(26)24(3)43-6;1-8(6(7)9)4-5-2-3-5;1-2/h10-14,18,20,22-24,37H,7-9,15-17,19,21H2,1-6H3;5H,2-4H2,1H3,(H2,7,9);2H,1H3. The number of nitrogens with one attached hydrogen (secondary N) is 1. The third-order valence-electron chi connectivity index (χ3n) is 10.2. The number of thiol groups is 1. The summed E-state index contributed by atoms with van der Waals surface area (Å²) < 4.78 is 13.3. The van der Waals surface area contributed by atoms with Crippen molar-refractivity contribution in [2.45, 2.75) is 85.8 Å². The molecule has 2 atom stereocenters. The average Bonchev–Trinajstić information content (AvgIpc) is 3.82. The number of carbonyl (C=O) groups excluding carboxylic acids is 3. The number of aromatic nitrogens is 3. The largest absolute Gasteiger partial charge is 0.467 e. The number of hydrazine groups is 1. The van der Waals surface area contributed by atoms with Crippen molar-refractivity contribution in [2.75, 3.05) is 46.7 Å². The minimum Gasteiger partial charge on any atom is -0.467 e. The number of aryl methyl sites for hydroxylation is 1. The fraction of sp³-hybridized carbons (Fsp3) is 0.548. The maximum atomic E-state index is 13.0. The Kier molecular flexibility index (Phi) is 16.8. The molecule has 306 valence electrons. The molecule has 3 amide bonds.